The van der Waals surface area contributed by atoms with Crippen LogP contribution in [0, 0.1) is 0 Å². The monoisotopic (exact) mass is 889 g/mol. The van der Waals surface area contributed by atoms with Crippen LogP contribution >= 0.6 is 0 Å². The Morgan fingerprint density at radius 2 is 0.657 bits per heavy atom. The maximum atomic E-state index is 2.45. The van der Waals surface area contributed by atoms with Gasteiger partial charge in [0.2, 0.25) is 0 Å². The lowest BCUT2D eigenvalue weighted by Gasteiger charge is -2.34. The molecule has 0 spiro atoms. The minimum Gasteiger partial charge on any atom is -0.310 e. The van der Waals surface area contributed by atoms with Crippen molar-refractivity contribution in [3.63, 3.8) is 0 Å². The van der Waals surface area contributed by atoms with Gasteiger partial charge in [0, 0.05) is 16.9 Å². The van der Waals surface area contributed by atoms with Crippen molar-refractivity contribution < 1.29 is 0 Å². The molecular weight excluding hydrogens is 843 g/mol. The molecule has 0 saturated carbocycles. The predicted molar refractivity (Wildman–Crippen MR) is 295 cm³/mol. The van der Waals surface area contributed by atoms with E-state index < -0.39 is 5.41 Å². The van der Waals surface area contributed by atoms with Gasteiger partial charge in [0.15, 0.2) is 0 Å². The van der Waals surface area contributed by atoms with Gasteiger partial charge in [-0.25, -0.2) is 0 Å². The summed E-state index contributed by atoms with van der Waals surface area (Å²) in [6.07, 6.45) is 0. The van der Waals surface area contributed by atoms with Crippen molar-refractivity contribution in [3.8, 4) is 55.6 Å². The molecule has 1 unspecified atom stereocenters. The number of hydrogen-bond donors (Lipinski definition) is 0. The topological polar surface area (TPSA) is 3.24 Å². The van der Waals surface area contributed by atoms with Gasteiger partial charge < -0.3 is 4.90 Å². The molecule has 0 radical (unpaired) electrons. The second-order valence-electron chi connectivity index (χ2n) is 18.3. The average Bonchev–Trinajstić information content (AvgIpc) is 3.75. The molecule has 1 aliphatic rings. The minimum atomic E-state index is -0.554. The standard InChI is InChI=1S/C69H47N/c1-3-18-48(19-4-1)49-36-42-55(43-37-49)69(54-24-5-2-6-25-54)65-33-13-11-29-64(65)68-63(32-17-34-66(68)69)62-28-12-14-35-67(62)70(56-44-38-52(39-45-56)60-30-15-22-50-20-7-9-26-58(50)60)57-46-40-53(41-47-57)61-31-16-23-51-21-8-10-27-59(51)61/h1-47H. The van der Waals surface area contributed by atoms with Crippen LogP contribution in [0.25, 0.3) is 77.2 Å². The first-order valence-electron chi connectivity index (χ1n) is 24.2. The summed E-state index contributed by atoms with van der Waals surface area (Å²) >= 11 is 0. The minimum absolute atomic E-state index is 0.554. The van der Waals surface area contributed by atoms with Crippen LogP contribution in [0.1, 0.15) is 22.3 Å². The number of nitrogens with zero attached hydrogens (tertiary/aromatic N) is 1. The van der Waals surface area contributed by atoms with Gasteiger partial charge in [-0.3, -0.25) is 0 Å². The molecule has 328 valence electrons. The molecule has 0 amide bonds. The summed E-state index contributed by atoms with van der Waals surface area (Å²) < 4.78 is 0. The van der Waals surface area contributed by atoms with Gasteiger partial charge in [0.25, 0.3) is 0 Å². The van der Waals surface area contributed by atoms with Crippen molar-refractivity contribution in [2.75, 3.05) is 4.90 Å². The van der Waals surface area contributed by atoms with E-state index in [1.807, 2.05) is 0 Å². The summed E-state index contributed by atoms with van der Waals surface area (Å²) in [7, 11) is 0. The van der Waals surface area contributed by atoms with E-state index in [2.05, 4.69) is 290 Å². The maximum absolute atomic E-state index is 2.45. The number of fused-ring (bicyclic) bond motifs is 5. The van der Waals surface area contributed by atoms with Gasteiger partial charge in [0.1, 0.15) is 0 Å². The van der Waals surface area contributed by atoms with Crippen LogP contribution in [0.4, 0.5) is 17.1 Å². The van der Waals surface area contributed by atoms with Gasteiger partial charge in [-0.05, 0) is 124 Å². The van der Waals surface area contributed by atoms with Crippen LogP contribution in [0.3, 0.4) is 0 Å². The third kappa shape index (κ3) is 6.78. The first-order valence-corrected chi connectivity index (χ1v) is 24.2. The van der Waals surface area contributed by atoms with Crippen molar-refractivity contribution in [1.29, 1.82) is 0 Å². The van der Waals surface area contributed by atoms with Crippen LogP contribution in [0.2, 0.25) is 0 Å². The Balaban J connectivity index is 1.00. The zero-order valence-electron chi connectivity index (χ0n) is 38.6. The lowest BCUT2D eigenvalue weighted by atomic mass is 9.67. The molecule has 1 nitrogen and oxygen atoms in total. The molecule has 12 aromatic rings. The van der Waals surface area contributed by atoms with Crippen LogP contribution in [-0.4, -0.2) is 0 Å². The van der Waals surface area contributed by atoms with Gasteiger partial charge in [0.05, 0.1) is 11.1 Å². The molecule has 0 N–H and O–H groups in total. The lowest BCUT2D eigenvalue weighted by Crippen LogP contribution is -2.28. The Morgan fingerprint density at radius 3 is 1.29 bits per heavy atom. The first kappa shape index (κ1) is 41.2. The van der Waals surface area contributed by atoms with E-state index in [1.165, 1.54) is 93.9 Å². The fourth-order valence-electron chi connectivity index (χ4n) is 11.4. The zero-order chi connectivity index (χ0) is 46.4. The van der Waals surface area contributed by atoms with Crippen molar-refractivity contribution in [2.45, 2.75) is 5.41 Å². The molecule has 12 aromatic carbocycles. The normalized spacial score (nSPS) is 13.8. The Bertz CT molecular complexity index is 3720. The van der Waals surface area contributed by atoms with Crippen LogP contribution < -0.4 is 4.90 Å². The van der Waals surface area contributed by atoms with E-state index in [9.17, 15) is 0 Å². The van der Waals surface area contributed by atoms with Gasteiger partial charge in [-0.2, -0.15) is 0 Å². The first-order chi connectivity index (χ1) is 34.7. The largest absolute Gasteiger partial charge is 0.310 e. The smallest absolute Gasteiger partial charge is 0.0713 e. The third-order valence-electron chi connectivity index (χ3n) is 14.6. The van der Waals surface area contributed by atoms with Crippen LogP contribution in [-0.2, 0) is 5.41 Å². The lowest BCUT2D eigenvalue weighted by molar-refractivity contribution is 0.769. The summed E-state index contributed by atoms with van der Waals surface area (Å²) in [5, 5.41) is 4.98. The van der Waals surface area contributed by atoms with Crippen molar-refractivity contribution in [3.05, 3.63) is 307 Å². The highest BCUT2D eigenvalue weighted by atomic mass is 15.1. The SMILES string of the molecule is c1ccc(-c2ccc(C3(c4ccccc4)c4ccccc4-c4c(-c5ccccc5N(c5ccc(-c6cccc7ccccc67)cc5)c5ccc(-c6cccc7ccccc67)cc5)cccc43)cc2)cc1. The van der Waals surface area contributed by atoms with E-state index in [0.29, 0.717) is 0 Å². The van der Waals surface area contributed by atoms with E-state index in [1.54, 1.807) is 0 Å². The molecule has 0 bridgehead atoms. The molecule has 0 aromatic heterocycles. The molecule has 0 fully saturated rings. The summed E-state index contributed by atoms with van der Waals surface area (Å²) in [5.74, 6) is 0. The van der Waals surface area contributed by atoms with Crippen LogP contribution in [0.15, 0.2) is 285 Å². The molecule has 13 rings (SSSR count). The highest BCUT2D eigenvalue weighted by Crippen LogP contribution is 2.59. The molecule has 0 aliphatic heterocycles. The number of rotatable bonds is 9. The van der Waals surface area contributed by atoms with Crippen LogP contribution in [0.5, 0.6) is 0 Å². The van der Waals surface area contributed by atoms with E-state index in [0.717, 1.165) is 22.6 Å². The quantitative estimate of drug-likeness (QED) is 0.140. The number of anilines is 3. The Labute approximate surface area is 409 Å². The zero-order valence-corrected chi connectivity index (χ0v) is 38.6. The molecule has 1 aliphatic carbocycles. The predicted octanol–water partition coefficient (Wildman–Crippen LogP) is 18.5. The summed E-state index contributed by atoms with van der Waals surface area (Å²) in [6.45, 7) is 0. The molecule has 1 atom stereocenters. The van der Waals surface area contributed by atoms with Gasteiger partial charge in [-0.1, -0.05) is 255 Å². The van der Waals surface area contributed by atoms with Crippen molar-refractivity contribution in [1.82, 2.24) is 0 Å². The summed E-state index contributed by atoms with van der Waals surface area (Å²) in [4.78, 5) is 2.45. The Kier molecular flexibility index (Phi) is 10.1. The summed E-state index contributed by atoms with van der Waals surface area (Å²) in [6, 6.07) is 105. The molecular formula is C69H47N. The molecule has 1 heteroatoms. The third-order valence-corrected chi connectivity index (χ3v) is 14.6. The molecule has 0 heterocycles. The molecule has 70 heavy (non-hydrogen) atoms. The van der Waals surface area contributed by atoms with Crippen molar-refractivity contribution in [2.24, 2.45) is 0 Å². The number of para-hydroxylation sites is 1. The van der Waals surface area contributed by atoms with E-state index >= 15 is 0 Å². The highest BCUT2D eigenvalue weighted by molar-refractivity contribution is 6.02. The van der Waals surface area contributed by atoms with Gasteiger partial charge >= 0.3 is 0 Å². The summed E-state index contributed by atoms with van der Waals surface area (Å²) in [5.41, 5.74) is 19.9. The van der Waals surface area contributed by atoms with Gasteiger partial charge in [-0.15, -0.1) is 0 Å². The second kappa shape index (κ2) is 17.2. The second-order valence-corrected chi connectivity index (χ2v) is 18.3. The Morgan fingerprint density at radius 1 is 0.243 bits per heavy atom. The fraction of sp³-hybridized carbons (Fsp3) is 0.0145. The number of benzene rings is 12. The van der Waals surface area contributed by atoms with E-state index in [4.69, 9.17) is 0 Å². The maximum Gasteiger partial charge on any atom is 0.0713 e. The fourth-order valence-corrected chi connectivity index (χ4v) is 11.4. The Hall–Kier alpha value is -9.04. The average molecular weight is 890 g/mol. The number of hydrogen-bond acceptors (Lipinski definition) is 1. The highest BCUT2D eigenvalue weighted by Gasteiger charge is 2.47. The van der Waals surface area contributed by atoms with E-state index in [-0.39, 0.29) is 0 Å². The van der Waals surface area contributed by atoms with Crippen molar-refractivity contribution >= 4 is 38.6 Å². The molecule has 0 saturated heterocycles.